The fourth-order valence-electron chi connectivity index (χ4n) is 1.33. The van der Waals surface area contributed by atoms with Crippen LogP contribution in [0.5, 0.6) is 11.5 Å². The highest BCUT2D eigenvalue weighted by Crippen LogP contribution is 2.22. The van der Waals surface area contributed by atoms with Gasteiger partial charge in [0.1, 0.15) is 17.3 Å². The lowest BCUT2D eigenvalue weighted by Crippen LogP contribution is -1.88. The highest BCUT2D eigenvalue weighted by atomic mass is 19.1. The summed E-state index contributed by atoms with van der Waals surface area (Å²) in [6.45, 7) is 3.61. The predicted octanol–water partition coefficient (Wildman–Crippen LogP) is 3.63. The zero-order chi connectivity index (χ0) is 11.5. The maximum Gasteiger partial charge on any atom is 0.145 e. The van der Waals surface area contributed by atoms with Crippen LogP contribution < -0.4 is 4.74 Å². The van der Waals surface area contributed by atoms with Gasteiger partial charge in [0.15, 0.2) is 0 Å². The summed E-state index contributed by atoms with van der Waals surface area (Å²) in [5.74, 6) is 1.04. The van der Waals surface area contributed by atoms with Gasteiger partial charge in [-0.25, -0.2) is 4.39 Å². The highest BCUT2D eigenvalue weighted by Gasteiger charge is 2.01. The van der Waals surface area contributed by atoms with Crippen molar-refractivity contribution in [1.82, 2.24) is 4.98 Å². The maximum absolute atomic E-state index is 13.0. The Balaban J connectivity index is 2.20. The van der Waals surface area contributed by atoms with Crippen LogP contribution in [0.4, 0.5) is 4.39 Å². The summed E-state index contributed by atoms with van der Waals surface area (Å²) in [7, 11) is 0. The lowest BCUT2D eigenvalue weighted by molar-refractivity contribution is 0.477. The van der Waals surface area contributed by atoms with E-state index < -0.39 is 0 Å². The minimum atomic E-state index is -0.227. The fraction of sp³-hybridized carbons (Fsp3) is 0.154. The van der Waals surface area contributed by atoms with Crippen molar-refractivity contribution in [2.24, 2.45) is 0 Å². The molecule has 0 spiro atoms. The topological polar surface area (TPSA) is 22.1 Å². The smallest absolute Gasteiger partial charge is 0.145 e. The second kappa shape index (κ2) is 4.31. The summed E-state index contributed by atoms with van der Waals surface area (Å²) in [5.41, 5.74) is 1.50. The van der Waals surface area contributed by atoms with Crippen LogP contribution in [0.1, 0.15) is 11.3 Å². The van der Waals surface area contributed by atoms with Crippen molar-refractivity contribution in [3.63, 3.8) is 0 Å². The molecule has 0 aliphatic carbocycles. The number of pyridine rings is 1. The first-order valence-electron chi connectivity index (χ1n) is 5.02. The third-order valence-corrected chi connectivity index (χ3v) is 2.25. The van der Waals surface area contributed by atoms with Gasteiger partial charge in [0.25, 0.3) is 0 Å². The maximum atomic E-state index is 13.0. The molecule has 0 aliphatic heterocycles. The summed E-state index contributed by atoms with van der Waals surface area (Å²) in [6.07, 6.45) is 1.65. The van der Waals surface area contributed by atoms with E-state index in [4.69, 9.17) is 4.74 Å². The molecule has 82 valence electrons. The van der Waals surface area contributed by atoms with Crippen molar-refractivity contribution < 1.29 is 9.13 Å². The molecule has 0 N–H and O–H groups in total. The third-order valence-electron chi connectivity index (χ3n) is 2.25. The number of benzene rings is 1. The molecule has 0 atom stereocenters. The first-order valence-corrected chi connectivity index (χ1v) is 5.02. The Hall–Kier alpha value is -1.90. The Bertz CT molecular complexity index is 494. The van der Waals surface area contributed by atoms with Gasteiger partial charge in [-0.2, -0.15) is 0 Å². The van der Waals surface area contributed by atoms with Gasteiger partial charge in [-0.05, 0) is 49.7 Å². The molecule has 1 aromatic carbocycles. The Morgan fingerprint density at radius 2 is 1.81 bits per heavy atom. The third kappa shape index (κ3) is 2.37. The van der Waals surface area contributed by atoms with Gasteiger partial charge >= 0.3 is 0 Å². The average molecular weight is 217 g/mol. The van der Waals surface area contributed by atoms with Gasteiger partial charge in [0.2, 0.25) is 0 Å². The number of hydrogen-bond donors (Lipinski definition) is 0. The van der Waals surface area contributed by atoms with Crippen LogP contribution in [0.25, 0.3) is 0 Å². The van der Waals surface area contributed by atoms with E-state index in [0.29, 0.717) is 17.1 Å². The van der Waals surface area contributed by atoms with Crippen molar-refractivity contribution in [2.75, 3.05) is 0 Å². The molecule has 1 aromatic heterocycles. The summed E-state index contributed by atoms with van der Waals surface area (Å²) in [5, 5.41) is 0. The number of nitrogens with zero attached hydrogens (tertiary/aromatic N) is 1. The predicted molar refractivity (Wildman–Crippen MR) is 60.2 cm³/mol. The van der Waals surface area contributed by atoms with E-state index >= 15 is 0 Å². The highest BCUT2D eigenvalue weighted by molar-refractivity contribution is 5.33. The van der Waals surface area contributed by atoms with Crippen LogP contribution in [-0.4, -0.2) is 4.98 Å². The number of hydrogen-bond acceptors (Lipinski definition) is 2. The molecule has 0 bridgehead atoms. The Morgan fingerprint density at radius 1 is 1.06 bits per heavy atom. The quantitative estimate of drug-likeness (QED) is 0.766. The van der Waals surface area contributed by atoms with Gasteiger partial charge in [0, 0.05) is 5.69 Å². The van der Waals surface area contributed by atoms with E-state index in [1.807, 2.05) is 19.1 Å². The van der Waals surface area contributed by atoms with Crippen LogP contribution >= 0.6 is 0 Å². The standard InChI is InChI=1S/C13H12FNO/c1-9-7-11(5-6-13(9)14)16-12-4-3-10(2)15-8-12/h3-8H,1-2H3. The van der Waals surface area contributed by atoms with E-state index in [9.17, 15) is 4.39 Å². The number of aryl methyl sites for hydroxylation is 2. The van der Waals surface area contributed by atoms with Crippen molar-refractivity contribution in [3.05, 3.63) is 53.6 Å². The molecule has 0 saturated carbocycles. The molecular formula is C13H12FNO. The molecule has 0 amide bonds. The Morgan fingerprint density at radius 3 is 2.44 bits per heavy atom. The molecule has 2 aromatic rings. The van der Waals surface area contributed by atoms with Crippen LogP contribution in [-0.2, 0) is 0 Å². The molecule has 0 fully saturated rings. The molecule has 0 saturated heterocycles. The molecule has 2 rings (SSSR count). The molecule has 1 heterocycles. The normalized spacial score (nSPS) is 10.2. The van der Waals surface area contributed by atoms with Gasteiger partial charge < -0.3 is 4.74 Å². The van der Waals surface area contributed by atoms with Crippen molar-refractivity contribution >= 4 is 0 Å². The molecule has 3 heteroatoms. The molecule has 0 aliphatic rings. The number of aromatic nitrogens is 1. The minimum Gasteiger partial charge on any atom is -0.456 e. The zero-order valence-electron chi connectivity index (χ0n) is 9.20. The zero-order valence-corrected chi connectivity index (χ0v) is 9.20. The SMILES string of the molecule is Cc1ccc(Oc2ccc(F)c(C)c2)cn1. The second-order valence-electron chi connectivity index (χ2n) is 3.65. The van der Waals surface area contributed by atoms with Gasteiger partial charge in [0.05, 0.1) is 6.20 Å². The lowest BCUT2D eigenvalue weighted by atomic mass is 10.2. The largest absolute Gasteiger partial charge is 0.456 e. The molecule has 0 unspecified atom stereocenters. The van der Waals surface area contributed by atoms with Crippen LogP contribution in [0.15, 0.2) is 36.5 Å². The van der Waals surface area contributed by atoms with E-state index in [1.54, 1.807) is 25.3 Å². The van der Waals surface area contributed by atoms with Crippen LogP contribution in [0.2, 0.25) is 0 Å². The first-order chi connectivity index (χ1) is 7.65. The number of rotatable bonds is 2. The Kier molecular flexibility index (Phi) is 2.86. The van der Waals surface area contributed by atoms with E-state index in [-0.39, 0.29) is 5.82 Å². The van der Waals surface area contributed by atoms with Crippen molar-refractivity contribution in [2.45, 2.75) is 13.8 Å². The molecule has 2 nitrogen and oxygen atoms in total. The summed E-state index contributed by atoms with van der Waals surface area (Å²) in [4.78, 5) is 4.12. The van der Waals surface area contributed by atoms with Crippen LogP contribution in [0, 0.1) is 19.7 Å². The molecular weight excluding hydrogens is 205 g/mol. The lowest BCUT2D eigenvalue weighted by Gasteiger charge is -2.06. The Labute approximate surface area is 93.7 Å². The first kappa shape index (κ1) is 10.6. The fourth-order valence-corrected chi connectivity index (χ4v) is 1.33. The molecule has 0 radical (unpaired) electrons. The summed E-state index contributed by atoms with van der Waals surface area (Å²) in [6, 6.07) is 8.36. The van der Waals surface area contributed by atoms with Crippen molar-refractivity contribution in [3.8, 4) is 11.5 Å². The average Bonchev–Trinajstić information content (AvgIpc) is 2.27. The monoisotopic (exact) mass is 217 g/mol. The van der Waals surface area contributed by atoms with E-state index in [1.165, 1.54) is 6.07 Å². The summed E-state index contributed by atoms with van der Waals surface area (Å²) < 4.78 is 18.6. The van der Waals surface area contributed by atoms with E-state index in [2.05, 4.69) is 4.98 Å². The van der Waals surface area contributed by atoms with Crippen LogP contribution in [0.3, 0.4) is 0 Å². The van der Waals surface area contributed by atoms with Gasteiger partial charge in [-0.1, -0.05) is 0 Å². The van der Waals surface area contributed by atoms with E-state index in [0.717, 1.165) is 5.69 Å². The van der Waals surface area contributed by atoms with Gasteiger partial charge in [-0.15, -0.1) is 0 Å². The molecule has 16 heavy (non-hydrogen) atoms. The summed E-state index contributed by atoms with van der Waals surface area (Å²) >= 11 is 0. The number of halogens is 1. The van der Waals surface area contributed by atoms with Crippen molar-refractivity contribution in [1.29, 1.82) is 0 Å². The number of ether oxygens (including phenoxy) is 1. The minimum absolute atomic E-state index is 0.227. The second-order valence-corrected chi connectivity index (χ2v) is 3.65. The van der Waals surface area contributed by atoms with Gasteiger partial charge in [-0.3, -0.25) is 4.98 Å².